The Kier molecular flexibility index (Phi) is 6.96. The van der Waals surface area contributed by atoms with Crippen LogP contribution in [-0.4, -0.2) is 30.3 Å². The Labute approximate surface area is 183 Å². The molecule has 0 heterocycles. The quantitative estimate of drug-likeness (QED) is 0.533. The molecule has 3 rings (SSSR count). The number of carboxylic acid groups (broad SMARTS) is 1. The maximum atomic E-state index is 13.5. The highest BCUT2D eigenvalue weighted by Gasteiger charge is 2.33. The van der Waals surface area contributed by atoms with Crippen LogP contribution >= 0.6 is 0 Å². The average Bonchev–Trinajstić information content (AvgIpc) is 3.54. The molecule has 0 aromatic heterocycles. The standard InChI is InChI=1S/C23H25F3N2O4/c1-3-19(28-22(31)27-15-6-7-15)17-12-14(23(24,25)26)5-8-16(17)18-10-13(11-21(29)30)4-9-20(18)32-2/h4-5,8-10,12,15,19H,3,6-7,11H2,1-2H3,(H,29,30)(H2,27,28,31). The summed E-state index contributed by atoms with van der Waals surface area (Å²) in [6, 6.07) is 7.08. The number of urea groups is 1. The van der Waals surface area contributed by atoms with Gasteiger partial charge in [0.1, 0.15) is 5.75 Å². The first-order valence-corrected chi connectivity index (χ1v) is 10.3. The fourth-order valence-corrected chi connectivity index (χ4v) is 3.54. The van der Waals surface area contributed by atoms with Gasteiger partial charge in [0.2, 0.25) is 0 Å². The lowest BCUT2D eigenvalue weighted by Gasteiger charge is -2.23. The molecule has 172 valence electrons. The number of halogens is 3. The van der Waals surface area contributed by atoms with Crippen LogP contribution in [0.3, 0.4) is 0 Å². The van der Waals surface area contributed by atoms with Crippen molar-refractivity contribution in [3.8, 4) is 16.9 Å². The Hall–Kier alpha value is -3.23. The number of hydrogen-bond acceptors (Lipinski definition) is 3. The number of hydrogen-bond donors (Lipinski definition) is 3. The molecular weight excluding hydrogens is 425 g/mol. The Bertz CT molecular complexity index is 1000. The fraction of sp³-hybridized carbons (Fsp3) is 0.391. The van der Waals surface area contributed by atoms with Crippen molar-refractivity contribution in [1.82, 2.24) is 10.6 Å². The topological polar surface area (TPSA) is 87.7 Å². The third kappa shape index (κ3) is 5.72. The van der Waals surface area contributed by atoms with Crippen molar-refractivity contribution in [2.75, 3.05) is 7.11 Å². The second-order valence-electron chi connectivity index (χ2n) is 7.76. The summed E-state index contributed by atoms with van der Waals surface area (Å²) in [5, 5.41) is 14.7. The molecule has 2 amide bonds. The van der Waals surface area contributed by atoms with E-state index in [-0.39, 0.29) is 18.0 Å². The van der Waals surface area contributed by atoms with Gasteiger partial charge in [0.15, 0.2) is 0 Å². The predicted octanol–water partition coefficient (Wildman–Crippen LogP) is 4.92. The number of methoxy groups -OCH3 is 1. The second kappa shape index (κ2) is 9.50. The van der Waals surface area contributed by atoms with E-state index in [1.54, 1.807) is 25.1 Å². The summed E-state index contributed by atoms with van der Waals surface area (Å²) in [6.45, 7) is 1.77. The van der Waals surface area contributed by atoms with Crippen molar-refractivity contribution < 1.29 is 32.6 Å². The van der Waals surface area contributed by atoms with Gasteiger partial charge >= 0.3 is 18.2 Å². The van der Waals surface area contributed by atoms with E-state index in [9.17, 15) is 22.8 Å². The predicted molar refractivity (Wildman–Crippen MR) is 112 cm³/mol. The van der Waals surface area contributed by atoms with E-state index < -0.39 is 29.8 Å². The Morgan fingerprint density at radius 3 is 2.44 bits per heavy atom. The molecule has 0 radical (unpaired) electrons. The number of carbonyl (C=O) groups excluding carboxylic acids is 1. The smallest absolute Gasteiger partial charge is 0.416 e. The van der Waals surface area contributed by atoms with Crippen molar-refractivity contribution in [2.24, 2.45) is 0 Å². The van der Waals surface area contributed by atoms with Crippen molar-refractivity contribution in [3.63, 3.8) is 0 Å². The van der Waals surface area contributed by atoms with E-state index >= 15 is 0 Å². The van der Waals surface area contributed by atoms with Crippen LogP contribution in [0.25, 0.3) is 11.1 Å². The van der Waals surface area contributed by atoms with Gasteiger partial charge < -0.3 is 20.5 Å². The number of amides is 2. The number of nitrogens with one attached hydrogen (secondary N) is 2. The van der Waals surface area contributed by atoms with E-state index in [4.69, 9.17) is 9.84 Å². The molecule has 1 aliphatic carbocycles. The van der Waals surface area contributed by atoms with Gasteiger partial charge in [-0.05, 0) is 60.2 Å². The lowest BCUT2D eigenvalue weighted by molar-refractivity contribution is -0.138. The molecule has 32 heavy (non-hydrogen) atoms. The first kappa shape index (κ1) is 23.4. The Morgan fingerprint density at radius 1 is 1.16 bits per heavy atom. The van der Waals surface area contributed by atoms with Gasteiger partial charge in [-0.3, -0.25) is 4.79 Å². The highest BCUT2D eigenvalue weighted by Crippen LogP contribution is 2.40. The fourth-order valence-electron chi connectivity index (χ4n) is 3.54. The number of benzene rings is 2. The molecule has 0 aliphatic heterocycles. The highest BCUT2D eigenvalue weighted by molar-refractivity contribution is 5.79. The zero-order chi connectivity index (χ0) is 23.5. The van der Waals surface area contributed by atoms with Crippen molar-refractivity contribution in [3.05, 3.63) is 53.1 Å². The summed E-state index contributed by atoms with van der Waals surface area (Å²) in [6.07, 6.45) is -2.69. The van der Waals surface area contributed by atoms with Crippen LogP contribution in [0.1, 0.15) is 48.9 Å². The second-order valence-corrected chi connectivity index (χ2v) is 7.76. The van der Waals surface area contributed by atoms with Crippen LogP contribution in [0.5, 0.6) is 5.75 Å². The maximum absolute atomic E-state index is 13.5. The summed E-state index contributed by atoms with van der Waals surface area (Å²) in [5.74, 6) is -0.643. The van der Waals surface area contributed by atoms with E-state index in [1.807, 2.05) is 0 Å². The summed E-state index contributed by atoms with van der Waals surface area (Å²) < 4.78 is 45.8. The minimum absolute atomic E-state index is 0.0984. The van der Waals surface area contributed by atoms with Crippen LogP contribution in [0.15, 0.2) is 36.4 Å². The third-order valence-electron chi connectivity index (χ3n) is 5.29. The number of rotatable bonds is 8. The van der Waals surface area contributed by atoms with Gasteiger partial charge in [0.05, 0.1) is 25.1 Å². The van der Waals surface area contributed by atoms with Gasteiger partial charge in [-0.15, -0.1) is 0 Å². The van der Waals surface area contributed by atoms with Crippen LogP contribution < -0.4 is 15.4 Å². The Morgan fingerprint density at radius 2 is 1.88 bits per heavy atom. The summed E-state index contributed by atoms with van der Waals surface area (Å²) in [5.41, 5.74) is 0.809. The van der Waals surface area contributed by atoms with Crippen molar-refractivity contribution in [2.45, 2.75) is 50.9 Å². The lowest BCUT2D eigenvalue weighted by atomic mass is 9.90. The van der Waals surface area contributed by atoms with Gasteiger partial charge in [-0.2, -0.15) is 13.2 Å². The zero-order valence-corrected chi connectivity index (χ0v) is 17.8. The minimum atomic E-state index is -4.56. The Balaban J connectivity index is 2.10. The third-order valence-corrected chi connectivity index (χ3v) is 5.29. The van der Waals surface area contributed by atoms with Gasteiger partial charge in [-0.1, -0.05) is 19.1 Å². The molecule has 1 atom stereocenters. The van der Waals surface area contributed by atoms with Crippen LogP contribution in [0.4, 0.5) is 18.0 Å². The van der Waals surface area contributed by atoms with E-state index in [1.165, 1.54) is 13.2 Å². The monoisotopic (exact) mass is 450 g/mol. The number of ether oxygens (including phenoxy) is 1. The number of carbonyl (C=O) groups is 2. The molecular formula is C23H25F3N2O4. The van der Waals surface area contributed by atoms with Crippen molar-refractivity contribution >= 4 is 12.0 Å². The molecule has 0 bridgehead atoms. The van der Waals surface area contributed by atoms with E-state index in [0.717, 1.165) is 25.0 Å². The summed E-state index contributed by atoms with van der Waals surface area (Å²) >= 11 is 0. The molecule has 9 heteroatoms. The number of carboxylic acids is 1. The molecule has 0 spiro atoms. The number of alkyl halides is 3. The molecule has 6 nitrogen and oxygen atoms in total. The lowest BCUT2D eigenvalue weighted by Crippen LogP contribution is -2.39. The molecule has 2 aromatic carbocycles. The highest BCUT2D eigenvalue weighted by atomic mass is 19.4. The van der Waals surface area contributed by atoms with Crippen LogP contribution in [0.2, 0.25) is 0 Å². The molecule has 1 unspecified atom stereocenters. The average molecular weight is 450 g/mol. The first-order chi connectivity index (χ1) is 15.1. The first-order valence-electron chi connectivity index (χ1n) is 10.3. The van der Waals surface area contributed by atoms with Gasteiger partial charge in [0.25, 0.3) is 0 Å². The minimum Gasteiger partial charge on any atom is -0.496 e. The molecule has 1 saturated carbocycles. The normalized spacial score (nSPS) is 14.5. The largest absolute Gasteiger partial charge is 0.496 e. The van der Waals surface area contributed by atoms with Crippen LogP contribution in [-0.2, 0) is 17.4 Å². The van der Waals surface area contributed by atoms with Gasteiger partial charge in [-0.25, -0.2) is 4.79 Å². The SMILES string of the molecule is CCC(NC(=O)NC1CC1)c1cc(C(F)(F)F)ccc1-c1cc(CC(=O)O)ccc1OC. The van der Waals surface area contributed by atoms with Crippen LogP contribution in [0, 0.1) is 0 Å². The maximum Gasteiger partial charge on any atom is 0.416 e. The van der Waals surface area contributed by atoms with Crippen molar-refractivity contribution in [1.29, 1.82) is 0 Å². The molecule has 1 aliphatic rings. The van der Waals surface area contributed by atoms with E-state index in [2.05, 4.69) is 10.6 Å². The number of aliphatic carboxylic acids is 1. The zero-order valence-electron chi connectivity index (χ0n) is 17.8. The van der Waals surface area contributed by atoms with Gasteiger partial charge in [0, 0.05) is 11.6 Å². The van der Waals surface area contributed by atoms with E-state index in [0.29, 0.717) is 28.9 Å². The molecule has 0 saturated heterocycles. The molecule has 1 fully saturated rings. The summed E-state index contributed by atoms with van der Waals surface area (Å²) in [4.78, 5) is 23.5. The summed E-state index contributed by atoms with van der Waals surface area (Å²) in [7, 11) is 1.43. The molecule has 2 aromatic rings. The molecule has 3 N–H and O–H groups in total.